The van der Waals surface area contributed by atoms with Gasteiger partial charge < -0.3 is 9.66 Å². The molecule has 2 unspecified atom stereocenters. The first-order valence-electron chi connectivity index (χ1n) is 8.54. The summed E-state index contributed by atoms with van der Waals surface area (Å²) >= 11 is 0. The number of unbranched alkanes of at least 4 members (excludes halogenated alkanes) is 6. The average Bonchev–Trinajstić information content (AvgIpc) is 2.41. The van der Waals surface area contributed by atoms with Gasteiger partial charge in [0.25, 0.3) is 0 Å². The van der Waals surface area contributed by atoms with Crippen LogP contribution < -0.4 is 51.4 Å². The van der Waals surface area contributed by atoms with Gasteiger partial charge in [-0.25, -0.2) is 8.42 Å². The minimum Gasteiger partial charge on any atom is -0.748 e. The zero-order valence-corrected chi connectivity index (χ0v) is 18.7. The Bertz CT molecular complexity index is 333. The third kappa shape index (κ3) is 15.1. The van der Waals surface area contributed by atoms with E-state index in [0.717, 1.165) is 38.5 Å². The van der Waals surface area contributed by atoms with E-state index in [4.69, 9.17) is 0 Å². The zero-order chi connectivity index (χ0) is 16.1. The van der Waals surface area contributed by atoms with Gasteiger partial charge in [0.1, 0.15) is 0 Å². The van der Waals surface area contributed by atoms with Gasteiger partial charge in [-0.3, -0.25) is 0 Å². The smallest absolute Gasteiger partial charge is 0.748 e. The number of hydrogen-bond acceptors (Lipinski definition) is 4. The van der Waals surface area contributed by atoms with E-state index < -0.39 is 15.4 Å². The Balaban J connectivity index is 0. The molecule has 0 heterocycles. The quantitative estimate of drug-likeness (QED) is 0.285. The minimum atomic E-state index is -4.14. The molecule has 0 saturated heterocycles. The van der Waals surface area contributed by atoms with E-state index >= 15 is 0 Å². The van der Waals surface area contributed by atoms with Crippen LogP contribution in [0.4, 0.5) is 0 Å². The molecule has 0 saturated carbocycles. The van der Waals surface area contributed by atoms with Crippen molar-refractivity contribution in [2.24, 2.45) is 0 Å². The predicted octanol–water partition coefficient (Wildman–Crippen LogP) is 0.986. The average molecular weight is 361 g/mol. The zero-order valence-electron chi connectivity index (χ0n) is 14.7. The van der Waals surface area contributed by atoms with E-state index in [0.29, 0.717) is 12.8 Å². The molecule has 0 spiro atoms. The first-order valence-corrected chi connectivity index (χ1v) is 10.0. The first-order chi connectivity index (χ1) is 9.91. The molecule has 0 rings (SSSR count). The molecular weight excluding hydrogens is 327 g/mol. The molecule has 2 atom stereocenters. The van der Waals surface area contributed by atoms with Gasteiger partial charge in [-0.05, 0) is 25.7 Å². The maximum Gasteiger partial charge on any atom is 1.00 e. The molecule has 0 aromatic carbocycles. The van der Waals surface area contributed by atoms with Gasteiger partial charge in [-0.2, -0.15) is 0 Å². The van der Waals surface area contributed by atoms with Crippen LogP contribution in [0.1, 0.15) is 90.9 Å². The number of aliphatic hydroxyl groups is 1. The molecule has 0 aliphatic carbocycles. The molecule has 6 heteroatoms. The van der Waals surface area contributed by atoms with Crippen LogP contribution >= 0.6 is 0 Å². The van der Waals surface area contributed by atoms with Crippen molar-refractivity contribution < 1.29 is 69.5 Å². The molecule has 22 heavy (non-hydrogen) atoms. The predicted molar refractivity (Wildman–Crippen MR) is 86.2 cm³/mol. The Kier molecular flexibility index (Phi) is 18.7. The van der Waals surface area contributed by atoms with E-state index in [2.05, 4.69) is 6.92 Å². The second kappa shape index (κ2) is 16.0. The van der Waals surface area contributed by atoms with E-state index in [1.807, 2.05) is 0 Å². The Labute approximate surface area is 180 Å². The Morgan fingerprint density at radius 3 is 1.77 bits per heavy atom. The van der Waals surface area contributed by atoms with Gasteiger partial charge in [-0.15, -0.1) is 0 Å². The van der Waals surface area contributed by atoms with Crippen molar-refractivity contribution in [3.8, 4) is 0 Å². The molecule has 0 aliphatic heterocycles. The summed E-state index contributed by atoms with van der Waals surface area (Å²) in [6.45, 7) is 3.93. The molecule has 0 radical (unpaired) electrons. The van der Waals surface area contributed by atoms with Crippen molar-refractivity contribution >= 4 is 10.1 Å². The SMILES string of the molecule is CCCCCCCC(O)CCCCCC(CC)S(=O)(=O)[O-].[K+]. The number of aliphatic hydroxyl groups excluding tert-OH is 1. The third-order valence-electron chi connectivity index (χ3n) is 4.07. The molecular formula is C16H33KO4S. The Morgan fingerprint density at radius 1 is 0.864 bits per heavy atom. The fourth-order valence-electron chi connectivity index (χ4n) is 2.61. The summed E-state index contributed by atoms with van der Waals surface area (Å²) < 4.78 is 32.8. The van der Waals surface area contributed by atoms with Crippen LogP contribution in [0.5, 0.6) is 0 Å². The minimum absolute atomic E-state index is 0. The molecule has 0 aromatic heterocycles. The van der Waals surface area contributed by atoms with Crippen LogP contribution in [0, 0.1) is 0 Å². The molecule has 0 aromatic rings. The molecule has 0 amide bonds. The Hall–Kier alpha value is 1.51. The summed E-state index contributed by atoms with van der Waals surface area (Å²) in [4.78, 5) is 0. The second-order valence-corrected chi connectivity index (χ2v) is 7.67. The van der Waals surface area contributed by atoms with E-state index in [1.54, 1.807) is 6.92 Å². The van der Waals surface area contributed by atoms with Crippen molar-refractivity contribution in [1.29, 1.82) is 0 Å². The number of rotatable bonds is 14. The van der Waals surface area contributed by atoms with Crippen LogP contribution in [0.3, 0.4) is 0 Å². The summed E-state index contributed by atoms with van der Waals surface area (Å²) in [5, 5.41) is 9.11. The summed E-state index contributed by atoms with van der Waals surface area (Å²) in [7, 11) is -4.14. The maximum atomic E-state index is 10.9. The fraction of sp³-hybridized carbons (Fsp3) is 1.00. The van der Waals surface area contributed by atoms with Crippen LogP contribution in [-0.4, -0.2) is 29.4 Å². The molecule has 4 nitrogen and oxygen atoms in total. The monoisotopic (exact) mass is 360 g/mol. The summed E-state index contributed by atoms with van der Waals surface area (Å²) in [6, 6.07) is 0. The van der Waals surface area contributed by atoms with Crippen molar-refractivity contribution in [2.75, 3.05) is 0 Å². The van der Waals surface area contributed by atoms with Crippen molar-refractivity contribution in [3.63, 3.8) is 0 Å². The van der Waals surface area contributed by atoms with E-state index in [9.17, 15) is 18.1 Å². The summed E-state index contributed by atoms with van der Waals surface area (Å²) in [5.41, 5.74) is 0. The van der Waals surface area contributed by atoms with Crippen molar-refractivity contribution in [1.82, 2.24) is 0 Å². The second-order valence-electron chi connectivity index (χ2n) is 6.02. The third-order valence-corrected chi connectivity index (χ3v) is 5.45. The largest absolute Gasteiger partial charge is 1.00 e. The molecule has 1 N–H and O–H groups in total. The van der Waals surface area contributed by atoms with Crippen LogP contribution in [0.2, 0.25) is 0 Å². The topological polar surface area (TPSA) is 77.4 Å². The molecule has 0 fully saturated rings. The van der Waals surface area contributed by atoms with E-state index in [1.165, 1.54) is 25.7 Å². The van der Waals surface area contributed by atoms with Gasteiger partial charge in [0.15, 0.2) is 0 Å². The summed E-state index contributed by atoms with van der Waals surface area (Å²) in [6.07, 6.45) is 10.9. The van der Waals surface area contributed by atoms with Crippen LogP contribution in [0.15, 0.2) is 0 Å². The Morgan fingerprint density at radius 2 is 1.32 bits per heavy atom. The molecule has 128 valence electrons. The van der Waals surface area contributed by atoms with E-state index in [-0.39, 0.29) is 57.5 Å². The summed E-state index contributed by atoms with van der Waals surface area (Å²) in [5.74, 6) is 0. The molecule has 0 aliphatic rings. The molecule has 0 bridgehead atoms. The first kappa shape index (κ1) is 25.7. The van der Waals surface area contributed by atoms with Crippen molar-refractivity contribution in [2.45, 2.75) is 102 Å². The van der Waals surface area contributed by atoms with Gasteiger partial charge in [0.05, 0.1) is 16.2 Å². The van der Waals surface area contributed by atoms with Gasteiger partial charge in [0, 0.05) is 5.25 Å². The van der Waals surface area contributed by atoms with Gasteiger partial charge in [-0.1, -0.05) is 65.2 Å². The normalized spacial score (nSPS) is 14.4. The van der Waals surface area contributed by atoms with Gasteiger partial charge in [0.2, 0.25) is 0 Å². The van der Waals surface area contributed by atoms with Crippen LogP contribution in [-0.2, 0) is 10.1 Å². The van der Waals surface area contributed by atoms with Gasteiger partial charge >= 0.3 is 51.4 Å². The standard InChI is InChI=1S/C16H34O4S.K/c1-3-5-6-7-9-12-15(17)13-10-8-11-14-16(4-2)21(18,19)20;/h15-17H,3-14H2,1-2H3,(H,18,19,20);/q;+1/p-1. The number of hydrogen-bond donors (Lipinski definition) is 1. The maximum absolute atomic E-state index is 10.9. The van der Waals surface area contributed by atoms with Crippen LogP contribution in [0.25, 0.3) is 0 Å². The van der Waals surface area contributed by atoms with Crippen molar-refractivity contribution in [3.05, 3.63) is 0 Å². The fourth-order valence-corrected chi connectivity index (χ4v) is 3.47.